The van der Waals surface area contributed by atoms with Gasteiger partial charge in [0.2, 0.25) is 0 Å². The number of aliphatic hydroxyl groups is 3. The van der Waals surface area contributed by atoms with E-state index in [4.69, 9.17) is 21.1 Å². The molecule has 0 spiro atoms. The number of esters is 2. The summed E-state index contributed by atoms with van der Waals surface area (Å²) in [5, 5.41) is 32.0. The molecule has 0 aromatic carbocycles. The van der Waals surface area contributed by atoms with Gasteiger partial charge in [-0.25, -0.2) is 4.79 Å². The van der Waals surface area contributed by atoms with Crippen molar-refractivity contribution in [2.75, 3.05) is 12.5 Å². The molecular formula is C44H96ClO9P27. The van der Waals surface area contributed by atoms with Crippen LogP contribution in [0.2, 0.25) is 0 Å². The SMILES string of the molecule is C=C[C@]1(C)C[C@@H](OC(=O)CCl)[C@]2(C)[C@H](C)CC[C@]3(CCC(=O)[C@H]32)[C@@H](C)[C@@H]1O.C=C[C@]1(C)C[C@@H](OC(=O)CO)[C@]2(C)[C@H](C)CC[C@]3(CCC(=O)[C@H]32)[C@@H](C)[C@@H]1O.PPP(P)P(P(P(P)P)P(P)P)P(P(P(P)P)P(P)P)P(P(P)P)P(P)P. The molecule has 33 atom stereocenters. The summed E-state index contributed by atoms with van der Waals surface area (Å²) in [5.74, 6) is -0.915. The molecule has 6 aliphatic rings. The Bertz CT molecular complexity index is 2050. The van der Waals surface area contributed by atoms with Crippen molar-refractivity contribution in [2.45, 2.75) is 144 Å². The maximum absolute atomic E-state index is 13.1. The maximum atomic E-state index is 13.1. The van der Waals surface area contributed by atoms with Gasteiger partial charge in [-0.1, -0.05) is 75.5 Å². The zero-order chi connectivity index (χ0) is 62.0. The van der Waals surface area contributed by atoms with Gasteiger partial charge in [-0.05, 0) is 170 Å². The van der Waals surface area contributed by atoms with Crippen LogP contribution in [0.3, 0.4) is 0 Å². The number of hydrogen-bond donors (Lipinski definition) is 3. The number of hydrogen-bond acceptors (Lipinski definition) is 9. The van der Waals surface area contributed by atoms with Crippen LogP contribution in [0.25, 0.3) is 0 Å². The van der Waals surface area contributed by atoms with Gasteiger partial charge in [0.15, 0.2) is 0 Å². The zero-order valence-electron chi connectivity index (χ0n) is 47.9. The summed E-state index contributed by atoms with van der Waals surface area (Å²) in [6, 6.07) is 0. The third kappa shape index (κ3) is 17.9. The second-order valence-electron chi connectivity index (χ2n) is 23.5. The molecule has 6 fully saturated rings. The lowest BCUT2D eigenvalue weighted by Crippen LogP contribution is -2.63. The van der Waals surface area contributed by atoms with Gasteiger partial charge in [-0.3, -0.25) is 14.4 Å². The van der Waals surface area contributed by atoms with Crippen molar-refractivity contribution in [1.82, 2.24) is 0 Å². The van der Waals surface area contributed by atoms with Crippen molar-refractivity contribution in [1.29, 1.82) is 0 Å². The van der Waals surface area contributed by atoms with Crippen molar-refractivity contribution in [3.8, 4) is 0 Å². The van der Waals surface area contributed by atoms with Crippen LogP contribution in [0.15, 0.2) is 25.3 Å². The smallest absolute Gasteiger partial charge is 0.332 e. The van der Waals surface area contributed by atoms with Crippen molar-refractivity contribution in [2.24, 2.45) is 68.0 Å². The van der Waals surface area contributed by atoms with Crippen LogP contribution in [0.4, 0.5) is 0 Å². The predicted molar refractivity (Wildman–Crippen MR) is 434 cm³/mol. The van der Waals surface area contributed by atoms with E-state index < -0.39 is 64.6 Å². The molecule has 0 aromatic heterocycles. The normalized spacial score (nSPS) is 38.6. The molecule has 81 heavy (non-hydrogen) atoms. The van der Waals surface area contributed by atoms with Gasteiger partial charge in [0.25, 0.3) is 0 Å². The Morgan fingerprint density at radius 2 is 0.914 bits per heavy atom. The molecule has 0 saturated heterocycles. The highest BCUT2D eigenvalue weighted by Crippen LogP contribution is 3.36. The minimum absolute atomic E-state index is 0.0165. The first kappa shape index (κ1) is 83.0. The van der Waals surface area contributed by atoms with Crippen molar-refractivity contribution >= 4 is 252 Å². The Morgan fingerprint density at radius 1 is 0.593 bits per heavy atom. The molecule has 17 unspecified atom stereocenters. The Morgan fingerprint density at radius 3 is 1.20 bits per heavy atom. The van der Waals surface area contributed by atoms with Crippen LogP contribution in [-0.4, -0.2) is 75.7 Å². The number of alkyl halides is 1. The number of aliphatic hydroxyl groups excluding tert-OH is 3. The summed E-state index contributed by atoms with van der Waals surface area (Å²) in [4.78, 5) is 50.5. The van der Waals surface area contributed by atoms with E-state index in [1.165, 1.54) is 0 Å². The van der Waals surface area contributed by atoms with E-state index in [0.717, 1.165) is 46.5 Å². The molecule has 0 heterocycles. The van der Waals surface area contributed by atoms with Gasteiger partial charge >= 0.3 is 11.9 Å². The van der Waals surface area contributed by atoms with Crippen LogP contribution in [0.5, 0.6) is 0 Å². The van der Waals surface area contributed by atoms with E-state index in [1.807, 2.05) is 13.8 Å². The molecule has 0 aliphatic heterocycles. The lowest BCUT2D eigenvalue weighted by Gasteiger charge is -2.61. The molecule has 0 radical (unpaired) electrons. The van der Waals surface area contributed by atoms with Gasteiger partial charge < -0.3 is 24.8 Å². The molecule has 468 valence electrons. The average molecular weight is 1640 g/mol. The molecule has 3 N–H and O–H groups in total. The topological polar surface area (TPSA) is 147 Å². The van der Waals surface area contributed by atoms with Crippen LogP contribution in [0.1, 0.15) is 120 Å². The average Bonchev–Trinajstić information content (AvgIpc) is 3.95. The summed E-state index contributed by atoms with van der Waals surface area (Å²) >= 11 is 5.74. The first-order valence-corrected chi connectivity index (χ1v) is 75.5. The summed E-state index contributed by atoms with van der Waals surface area (Å²) in [5.41, 5.74) is -2.73. The second kappa shape index (κ2) is 35.5. The fourth-order valence-electron chi connectivity index (χ4n) is 14.8. The zero-order valence-corrected chi connectivity index (χ0v) is 76.6. The third-order valence-electron chi connectivity index (χ3n) is 19.6. The number of carbonyl (C=O) groups is 4. The predicted octanol–water partition coefficient (Wildman–Crippen LogP) is 22.5. The molecule has 0 aromatic rings. The van der Waals surface area contributed by atoms with E-state index in [2.05, 4.69) is 180 Å². The molecule has 9 nitrogen and oxygen atoms in total. The summed E-state index contributed by atoms with van der Waals surface area (Å²) in [7, 11) is 46.6. The number of ketones is 2. The molecule has 6 rings (SSSR count). The standard InChI is InChI=1S/C22H33ClO4.C22H34O5.H29P27/c2*1-6-20(4)11-16(27-17(25)12-23)21(5)13(2)7-9-22(14(3)19(20)26)10-8-15(24)18(21)22;1-15-22(14)26(23(16(2)3)17(4)5)27(24(18(6)7)19(8)9)25(20(10)11)21(12)13/h6,13-14,16,18-19,26H,1,7-12H2,2-5H3;6,13-14,16,18-19,23,26H,1,7-12H2,2-5H3;15H,1-14H2/t2*13-,14+,16-,18+,19+,20-,21+,22+;/m11./s1. The highest BCUT2D eigenvalue weighted by atomic mass is 35.5. The molecular weight excluding hydrogens is 1540 g/mol. The van der Waals surface area contributed by atoms with E-state index in [0.29, 0.717) is 25.7 Å². The Balaban J connectivity index is 0.000000261. The molecule has 6 aliphatic carbocycles. The highest BCUT2D eigenvalue weighted by molar-refractivity contribution is 9.42. The van der Waals surface area contributed by atoms with Crippen molar-refractivity contribution in [3.05, 3.63) is 25.3 Å². The minimum atomic E-state index is -0.686. The largest absolute Gasteiger partial charge is 0.461 e. The number of carbonyl (C=O) groups excluding carboxylic acids is 4. The van der Waals surface area contributed by atoms with Crippen LogP contribution in [-0.2, 0) is 28.7 Å². The number of ether oxygens (including phenoxy) is 2. The molecule has 0 amide bonds. The first-order chi connectivity index (χ1) is 37.4. The van der Waals surface area contributed by atoms with Crippen LogP contribution >= 0.6 is 228 Å². The third-order valence-corrected chi connectivity index (χ3v) is 196. The summed E-state index contributed by atoms with van der Waals surface area (Å²) in [6.07, 6.45) is 8.49. The van der Waals surface area contributed by atoms with Gasteiger partial charge in [0.05, 0.1) is 12.2 Å². The van der Waals surface area contributed by atoms with Crippen molar-refractivity contribution < 1.29 is 44.0 Å². The first-order valence-electron chi connectivity index (χ1n) is 26.4. The molecule has 6 saturated carbocycles. The second-order valence-corrected chi connectivity index (χ2v) is 130. The van der Waals surface area contributed by atoms with E-state index in [9.17, 15) is 34.5 Å². The van der Waals surface area contributed by atoms with E-state index >= 15 is 0 Å². The lowest BCUT2D eigenvalue weighted by atomic mass is 9.44. The molecule has 37 heteroatoms. The van der Waals surface area contributed by atoms with Crippen LogP contribution in [0, 0.1) is 68.0 Å². The Labute approximate surface area is 540 Å². The summed E-state index contributed by atoms with van der Waals surface area (Å²) < 4.78 is 11.7. The van der Waals surface area contributed by atoms with E-state index in [-0.39, 0.29) is 148 Å². The number of Topliss-reactive ketones (excluding diaryl/α,β-unsaturated/α-hetero) is 2. The van der Waals surface area contributed by atoms with Gasteiger partial charge in [-0.15, -0.1) is 150 Å². The van der Waals surface area contributed by atoms with Gasteiger partial charge in [-0.2, -0.15) is 0 Å². The maximum Gasteiger partial charge on any atom is 0.332 e. The monoisotopic (exact) mass is 1640 g/mol. The van der Waals surface area contributed by atoms with Crippen molar-refractivity contribution in [3.63, 3.8) is 0 Å². The van der Waals surface area contributed by atoms with Gasteiger partial charge in [0.1, 0.15) is 36.3 Å². The number of rotatable bonds is 18. The highest BCUT2D eigenvalue weighted by Gasteiger charge is 2.70. The fourth-order valence-corrected chi connectivity index (χ4v) is 359. The lowest BCUT2D eigenvalue weighted by molar-refractivity contribution is -0.207. The Kier molecular flexibility index (Phi) is 36.4. The molecule has 4 bridgehead atoms. The number of halogens is 1. The van der Waals surface area contributed by atoms with E-state index in [1.54, 1.807) is 12.2 Å². The van der Waals surface area contributed by atoms with Crippen LogP contribution < -0.4 is 0 Å². The minimum Gasteiger partial charge on any atom is -0.461 e. The van der Waals surface area contributed by atoms with Gasteiger partial charge in [0, 0.05) is 46.3 Å². The fraction of sp³-hybridized carbons (Fsp3) is 0.818. The summed E-state index contributed by atoms with van der Waals surface area (Å²) in [6.45, 7) is 24.3. The Hall–Kier alpha value is 9.54. The quantitative estimate of drug-likeness (QED) is 0.0528.